The van der Waals surface area contributed by atoms with Crippen LogP contribution in [0, 0.1) is 23.1 Å². The Morgan fingerprint density at radius 3 is 2.56 bits per heavy atom. The number of fused-ring (bicyclic) bond motifs is 1. The molecule has 1 aromatic heterocycles. The van der Waals surface area contributed by atoms with Crippen LogP contribution in [0.1, 0.15) is 31.9 Å². The molecule has 43 heavy (non-hydrogen) atoms. The lowest BCUT2D eigenvalue weighted by Crippen LogP contribution is -2.51. The predicted molar refractivity (Wildman–Crippen MR) is 151 cm³/mol. The number of rotatable bonds is 6. The number of urea groups is 1. The van der Waals surface area contributed by atoms with E-state index in [1.165, 1.54) is 23.1 Å². The summed E-state index contributed by atoms with van der Waals surface area (Å²) in [5.74, 6) is -5.63. The highest BCUT2D eigenvalue weighted by Gasteiger charge is 2.57. The van der Waals surface area contributed by atoms with E-state index in [4.69, 9.17) is 21.6 Å². The number of aromatic nitrogens is 2. The lowest BCUT2D eigenvalue weighted by molar-refractivity contribution is -0.131. The Kier molecular flexibility index (Phi) is 7.97. The Balaban J connectivity index is 1.36. The van der Waals surface area contributed by atoms with Gasteiger partial charge in [0.2, 0.25) is 0 Å². The Morgan fingerprint density at radius 1 is 1.21 bits per heavy atom. The number of nitrogens with one attached hydrogen (secondary N) is 2. The van der Waals surface area contributed by atoms with E-state index >= 15 is 4.39 Å². The summed E-state index contributed by atoms with van der Waals surface area (Å²) in [4.78, 5) is 53.4. The van der Waals surface area contributed by atoms with Crippen molar-refractivity contribution in [1.29, 1.82) is 5.26 Å². The third-order valence-corrected chi connectivity index (χ3v) is 7.69. The van der Waals surface area contributed by atoms with Gasteiger partial charge in [-0.05, 0) is 38.1 Å². The normalized spacial score (nSPS) is 19.3. The van der Waals surface area contributed by atoms with E-state index in [-0.39, 0.29) is 46.9 Å². The number of nitrogens with zero attached hydrogens (tertiary/aromatic N) is 4. The van der Waals surface area contributed by atoms with Gasteiger partial charge in [-0.15, -0.1) is 0 Å². The zero-order valence-corrected chi connectivity index (χ0v) is 23.8. The largest absolute Gasteiger partial charge is 0.365 e. The van der Waals surface area contributed by atoms with E-state index in [2.05, 4.69) is 10.6 Å². The van der Waals surface area contributed by atoms with Crippen molar-refractivity contribution in [2.24, 2.45) is 5.92 Å². The molecule has 0 radical (unpaired) electrons. The van der Waals surface area contributed by atoms with Crippen LogP contribution in [0.15, 0.2) is 39.9 Å². The molecule has 2 fully saturated rings. The lowest BCUT2D eigenvalue weighted by atomic mass is 10.2. The zero-order chi connectivity index (χ0) is 31.2. The fraction of sp³-hybridized carbons (Fsp3) is 0.393. The van der Waals surface area contributed by atoms with Crippen LogP contribution in [-0.4, -0.2) is 57.7 Å². The first-order chi connectivity index (χ1) is 20.3. The van der Waals surface area contributed by atoms with Gasteiger partial charge in [-0.2, -0.15) is 5.26 Å². The molecule has 2 atom stereocenters. The quantitative estimate of drug-likeness (QED) is 0.429. The molecule has 0 spiro atoms. The molecule has 0 bridgehead atoms. The molecule has 1 aliphatic carbocycles. The van der Waals surface area contributed by atoms with Gasteiger partial charge in [0.1, 0.15) is 11.9 Å². The number of benzene rings is 2. The number of hydrogen-bond donors (Lipinski definition) is 2. The molecule has 3 aromatic rings. The third-order valence-electron chi connectivity index (χ3n) is 7.38. The van der Waals surface area contributed by atoms with Gasteiger partial charge in [0, 0.05) is 43.2 Å². The Hall–Kier alpha value is -4.35. The summed E-state index contributed by atoms with van der Waals surface area (Å²) in [5, 5.41) is 14.0. The molecule has 2 aliphatic rings. The fourth-order valence-electron chi connectivity index (χ4n) is 4.94. The maximum Gasteiger partial charge on any atom is 0.331 e. The van der Waals surface area contributed by atoms with Crippen molar-refractivity contribution in [3.63, 3.8) is 0 Å². The number of morpholine rings is 1. The minimum absolute atomic E-state index is 0.00297. The highest BCUT2D eigenvalue weighted by molar-refractivity contribution is 6.32. The smallest absolute Gasteiger partial charge is 0.331 e. The fourth-order valence-corrected chi connectivity index (χ4v) is 5.16. The number of nitriles is 1. The van der Waals surface area contributed by atoms with Gasteiger partial charge in [-0.25, -0.2) is 22.8 Å². The number of alkyl halides is 2. The van der Waals surface area contributed by atoms with Gasteiger partial charge in [0.25, 0.3) is 17.4 Å². The van der Waals surface area contributed by atoms with E-state index in [1.54, 1.807) is 13.8 Å². The topological polar surface area (TPSA) is 138 Å². The number of hydrogen-bond acceptors (Lipinski definition) is 6. The predicted octanol–water partition coefficient (Wildman–Crippen LogP) is 3.93. The van der Waals surface area contributed by atoms with E-state index in [1.807, 2.05) is 6.07 Å². The summed E-state index contributed by atoms with van der Waals surface area (Å²) in [6, 6.07) is 6.95. The van der Waals surface area contributed by atoms with Gasteiger partial charge in [0.05, 0.1) is 40.3 Å². The van der Waals surface area contributed by atoms with E-state index in [9.17, 15) is 28.0 Å². The van der Waals surface area contributed by atoms with Crippen LogP contribution in [0.25, 0.3) is 10.9 Å². The molecule has 1 saturated carbocycles. The molecule has 3 amide bonds. The minimum atomic E-state index is -2.96. The second-order valence-electron chi connectivity index (χ2n) is 10.7. The number of carbonyl (C=O) groups excluding carboxylic acids is 2. The molecule has 2 N–H and O–H groups in total. The Labute approximate surface area is 247 Å². The van der Waals surface area contributed by atoms with Gasteiger partial charge in [-0.3, -0.25) is 18.7 Å². The molecule has 1 aliphatic heterocycles. The van der Waals surface area contributed by atoms with Crippen LogP contribution < -0.4 is 21.9 Å². The van der Waals surface area contributed by atoms with Crippen molar-refractivity contribution in [3.05, 3.63) is 67.6 Å². The van der Waals surface area contributed by atoms with Crippen molar-refractivity contribution in [3.8, 4) is 6.07 Å². The van der Waals surface area contributed by atoms with Crippen LogP contribution >= 0.6 is 11.6 Å². The SMILES string of the molecule is CC(C)n1c(=O)n(CC2CC2(F)F)c(=O)c2cc(NC(=O)N3CCOC(C(=O)Nc4ccc(C#N)c(Cl)c4)C3)c(F)cc21. The molecule has 15 heteroatoms. The van der Waals surface area contributed by atoms with Crippen LogP contribution in [-0.2, 0) is 16.1 Å². The van der Waals surface area contributed by atoms with Gasteiger partial charge in [-0.1, -0.05) is 11.6 Å². The first-order valence-corrected chi connectivity index (χ1v) is 13.7. The molecule has 2 heterocycles. The molecule has 2 aromatic carbocycles. The first kappa shape index (κ1) is 30.1. The molecular formula is C28H26ClF3N6O5. The highest BCUT2D eigenvalue weighted by atomic mass is 35.5. The monoisotopic (exact) mass is 618 g/mol. The molecule has 1 saturated heterocycles. The van der Waals surface area contributed by atoms with Gasteiger partial charge >= 0.3 is 11.7 Å². The van der Waals surface area contributed by atoms with Crippen molar-refractivity contribution >= 4 is 45.8 Å². The summed E-state index contributed by atoms with van der Waals surface area (Å²) >= 11 is 6.01. The van der Waals surface area contributed by atoms with Crippen molar-refractivity contribution < 1.29 is 27.5 Å². The highest BCUT2D eigenvalue weighted by Crippen LogP contribution is 2.49. The van der Waals surface area contributed by atoms with E-state index in [0.29, 0.717) is 5.69 Å². The van der Waals surface area contributed by atoms with E-state index in [0.717, 1.165) is 21.3 Å². The lowest BCUT2D eigenvalue weighted by Gasteiger charge is -2.32. The number of carbonyl (C=O) groups is 2. The Morgan fingerprint density at radius 2 is 1.93 bits per heavy atom. The van der Waals surface area contributed by atoms with Crippen molar-refractivity contribution in [2.75, 3.05) is 30.3 Å². The summed E-state index contributed by atoms with van der Waals surface area (Å²) in [6.07, 6.45) is -1.52. The van der Waals surface area contributed by atoms with Crippen molar-refractivity contribution in [1.82, 2.24) is 14.0 Å². The zero-order valence-electron chi connectivity index (χ0n) is 23.0. The van der Waals surface area contributed by atoms with E-state index < -0.39 is 66.0 Å². The Bertz CT molecular complexity index is 1800. The maximum atomic E-state index is 15.2. The molecule has 5 rings (SSSR count). The average molecular weight is 619 g/mol. The van der Waals surface area contributed by atoms with Crippen molar-refractivity contribution in [2.45, 2.75) is 44.9 Å². The average Bonchev–Trinajstić information content (AvgIpc) is 3.57. The minimum Gasteiger partial charge on any atom is -0.365 e. The van der Waals surface area contributed by atoms with Gasteiger partial charge in [0.15, 0.2) is 6.10 Å². The van der Waals surface area contributed by atoms with Crippen LogP contribution in [0.4, 0.5) is 29.3 Å². The van der Waals surface area contributed by atoms with Gasteiger partial charge < -0.3 is 20.3 Å². The number of halogens is 4. The summed E-state index contributed by atoms with van der Waals surface area (Å²) < 4.78 is 49.8. The molecular weight excluding hydrogens is 593 g/mol. The summed E-state index contributed by atoms with van der Waals surface area (Å²) in [7, 11) is 0. The first-order valence-electron chi connectivity index (χ1n) is 13.3. The second kappa shape index (κ2) is 11.4. The number of ether oxygens (including phenoxy) is 1. The summed E-state index contributed by atoms with van der Waals surface area (Å²) in [5.41, 5.74) is -1.56. The molecule has 2 unspecified atom stereocenters. The maximum absolute atomic E-state index is 15.2. The molecule has 11 nitrogen and oxygen atoms in total. The van der Waals surface area contributed by atoms with Crippen LogP contribution in [0.5, 0.6) is 0 Å². The molecule has 226 valence electrons. The number of anilines is 2. The second-order valence-corrected chi connectivity index (χ2v) is 11.1. The standard InChI is InChI=1S/C28H26ClF3N6O5/c1-14(2)38-22-9-20(30)21(8-18(22)25(40)37(27(38)42)12-16-10-28(16,31)32)35-26(41)36-5-6-43-23(13-36)24(39)34-17-4-3-15(11-33)19(29)7-17/h3-4,7-9,14,16,23H,5-6,10,12-13H2,1-2H3,(H,34,39)(H,35,41). The number of amides is 3. The van der Waals surface area contributed by atoms with Crippen LogP contribution in [0.3, 0.4) is 0 Å². The summed E-state index contributed by atoms with van der Waals surface area (Å²) in [6.45, 7) is 2.66. The third kappa shape index (κ3) is 5.95. The van der Waals surface area contributed by atoms with Crippen LogP contribution in [0.2, 0.25) is 5.02 Å².